The zero-order chi connectivity index (χ0) is 17.6. The fourth-order valence-corrected chi connectivity index (χ4v) is 3.09. The maximum Gasteiger partial charge on any atom is 0.319 e. The van der Waals surface area contributed by atoms with Crippen molar-refractivity contribution in [1.29, 1.82) is 0 Å². The first-order valence-electron chi connectivity index (χ1n) is 8.86. The van der Waals surface area contributed by atoms with Gasteiger partial charge in [0.25, 0.3) is 0 Å². The van der Waals surface area contributed by atoms with Crippen molar-refractivity contribution in [2.45, 2.75) is 39.3 Å². The molecular formula is C21H25N3O. The van der Waals surface area contributed by atoms with E-state index in [4.69, 9.17) is 0 Å². The molecule has 2 N–H and O–H groups in total. The molecule has 4 heteroatoms. The fourth-order valence-electron chi connectivity index (χ4n) is 3.09. The summed E-state index contributed by atoms with van der Waals surface area (Å²) in [6.07, 6.45) is 3.87. The summed E-state index contributed by atoms with van der Waals surface area (Å²) in [6.45, 7) is 5.01. The van der Waals surface area contributed by atoms with Gasteiger partial charge in [-0.05, 0) is 38.3 Å². The van der Waals surface area contributed by atoms with E-state index in [1.54, 1.807) is 0 Å². The number of urea groups is 1. The quantitative estimate of drug-likeness (QED) is 0.667. The van der Waals surface area contributed by atoms with Gasteiger partial charge in [-0.2, -0.15) is 0 Å². The Balaban J connectivity index is 1.59. The number of aryl methyl sites for hydroxylation is 2. The average Bonchev–Trinajstić information content (AvgIpc) is 2.98. The van der Waals surface area contributed by atoms with Crippen LogP contribution in [-0.2, 0) is 13.0 Å². The van der Waals surface area contributed by atoms with Crippen molar-refractivity contribution in [2.24, 2.45) is 0 Å². The molecule has 0 aliphatic carbocycles. The molecule has 4 nitrogen and oxygen atoms in total. The molecule has 0 radical (unpaired) electrons. The highest BCUT2D eigenvalue weighted by Crippen LogP contribution is 2.25. The molecule has 0 fully saturated rings. The highest BCUT2D eigenvalue weighted by Gasteiger charge is 2.12. The molecule has 0 saturated carbocycles. The minimum atomic E-state index is -0.153. The molecule has 2 amide bonds. The lowest BCUT2D eigenvalue weighted by molar-refractivity contribution is 0.248. The van der Waals surface area contributed by atoms with E-state index in [0.717, 1.165) is 36.0 Å². The van der Waals surface area contributed by atoms with Crippen molar-refractivity contribution in [3.05, 3.63) is 66.4 Å². The monoisotopic (exact) mass is 335 g/mol. The molecule has 0 bridgehead atoms. The lowest BCUT2D eigenvalue weighted by Gasteiger charge is -2.14. The molecule has 0 saturated heterocycles. The molecule has 1 aromatic heterocycles. The van der Waals surface area contributed by atoms with E-state index in [1.165, 1.54) is 5.56 Å². The number of aromatic nitrogens is 1. The van der Waals surface area contributed by atoms with E-state index in [1.807, 2.05) is 49.5 Å². The summed E-state index contributed by atoms with van der Waals surface area (Å²) >= 11 is 0. The lowest BCUT2D eigenvalue weighted by atomic mass is 10.1. The van der Waals surface area contributed by atoms with Crippen molar-refractivity contribution in [2.75, 3.05) is 5.32 Å². The predicted molar refractivity (Wildman–Crippen MR) is 104 cm³/mol. The van der Waals surface area contributed by atoms with Crippen LogP contribution in [-0.4, -0.2) is 16.6 Å². The van der Waals surface area contributed by atoms with Gasteiger partial charge in [0.15, 0.2) is 0 Å². The van der Waals surface area contributed by atoms with E-state index in [-0.39, 0.29) is 12.1 Å². The predicted octanol–water partition coefficient (Wildman–Crippen LogP) is 4.80. The van der Waals surface area contributed by atoms with Crippen LogP contribution in [0, 0.1) is 0 Å². The molecule has 25 heavy (non-hydrogen) atoms. The standard InChI is InChI=1S/C21H25N3O/c1-3-24-15-19(18-11-7-8-12-20(18)24)23-21(25)22-16(2)13-14-17-9-5-4-6-10-17/h4-12,15-16H,3,13-14H2,1-2H3,(H2,22,23,25). The summed E-state index contributed by atoms with van der Waals surface area (Å²) in [5.41, 5.74) is 3.28. The van der Waals surface area contributed by atoms with Crippen LogP contribution < -0.4 is 10.6 Å². The highest BCUT2D eigenvalue weighted by molar-refractivity contribution is 6.01. The number of para-hydroxylation sites is 1. The number of hydrogen-bond donors (Lipinski definition) is 2. The van der Waals surface area contributed by atoms with Crippen LogP contribution in [0.3, 0.4) is 0 Å². The molecule has 1 unspecified atom stereocenters. The Labute approximate surface area is 148 Å². The molecular weight excluding hydrogens is 310 g/mol. The number of nitrogens with zero attached hydrogens (tertiary/aromatic N) is 1. The first kappa shape index (κ1) is 17.1. The third-order valence-corrected chi connectivity index (χ3v) is 4.46. The van der Waals surface area contributed by atoms with Gasteiger partial charge < -0.3 is 15.2 Å². The molecule has 1 atom stereocenters. The Morgan fingerprint density at radius 2 is 1.80 bits per heavy atom. The maximum absolute atomic E-state index is 12.3. The number of carbonyl (C=O) groups excluding carboxylic acids is 1. The number of benzene rings is 2. The van der Waals surface area contributed by atoms with Gasteiger partial charge in [-0.25, -0.2) is 4.79 Å². The first-order chi connectivity index (χ1) is 12.2. The van der Waals surface area contributed by atoms with Crippen LogP contribution in [0.4, 0.5) is 10.5 Å². The second kappa shape index (κ2) is 7.88. The van der Waals surface area contributed by atoms with Gasteiger partial charge in [0.1, 0.15) is 0 Å². The van der Waals surface area contributed by atoms with E-state index < -0.39 is 0 Å². The number of anilines is 1. The Kier molecular flexibility index (Phi) is 5.39. The first-order valence-corrected chi connectivity index (χ1v) is 8.86. The van der Waals surface area contributed by atoms with Gasteiger partial charge in [0.05, 0.1) is 11.2 Å². The number of carbonyl (C=O) groups is 1. The van der Waals surface area contributed by atoms with Crippen LogP contribution in [0.15, 0.2) is 60.8 Å². The van der Waals surface area contributed by atoms with Gasteiger partial charge in [-0.15, -0.1) is 0 Å². The van der Waals surface area contributed by atoms with Gasteiger partial charge in [-0.1, -0.05) is 48.5 Å². The van der Waals surface area contributed by atoms with Crippen molar-refractivity contribution in [3.63, 3.8) is 0 Å². The lowest BCUT2D eigenvalue weighted by Crippen LogP contribution is -2.36. The van der Waals surface area contributed by atoms with E-state index in [2.05, 4.69) is 40.3 Å². The van der Waals surface area contributed by atoms with E-state index >= 15 is 0 Å². The highest BCUT2D eigenvalue weighted by atomic mass is 16.2. The van der Waals surface area contributed by atoms with Crippen molar-refractivity contribution in [1.82, 2.24) is 9.88 Å². The van der Waals surface area contributed by atoms with Crippen molar-refractivity contribution < 1.29 is 4.79 Å². The molecule has 0 aliphatic rings. The Morgan fingerprint density at radius 3 is 2.56 bits per heavy atom. The summed E-state index contributed by atoms with van der Waals surface area (Å²) < 4.78 is 2.14. The number of amides is 2. The third kappa shape index (κ3) is 4.21. The topological polar surface area (TPSA) is 46.1 Å². The Hall–Kier alpha value is -2.75. The summed E-state index contributed by atoms with van der Waals surface area (Å²) in [5, 5.41) is 7.10. The van der Waals surface area contributed by atoms with Crippen LogP contribution in [0.1, 0.15) is 25.8 Å². The van der Waals surface area contributed by atoms with Crippen LogP contribution >= 0.6 is 0 Å². The smallest absolute Gasteiger partial charge is 0.319 e. The summed E-state index contributed by atoms with van der Waals surface area (Å²) in [5.74, 6) is 0. The van der Waals surface area contributed by atoms with Crippen molar-refractivity contribution in [3.8, 4) is 0 Å². The molecule has 130 valence electrons. The average molecular weight is 335 g/mol. The minimum absolute atomic E-state index is 0.111. The minimum Gasteiger partial charge on any atom is -0.346 e. The van der Waals surface area contributed by atoms with E-state index in [0.29, 0.717) is 0 Å². The fraction of sp³-hybridized carbons (Fsp3) is 0.286. The second-order valence-corrected chi connectivity index (χ2v) is 6.37. The molecule has 3 rings (SSSR count). The number of fused-ring (bicyclic) bond motifs is 1. The van der Waals surface area contributed by atoms with Gasteiger partial charge in [-0.3, -0.25) is 0 Å². The SMILES string of the molecule is CCn1cc(NC(=O)NC(C)CCc2ccccc2)c2ccccc21. The normalized spacial score (nSPS) is 12.1. The molecule has 1 heterocycles. The second-order valence-electron chi connectivity index (χ2n) is 6.37. The zero-order valence-corrected chi connectivity index (χ0v) is 14.8. The summed E-state index contributed by atoms with van der Waals surface area (Å²) in [6, 6.07) is 18.4. The van der Waals surface area contributed by atoms with Gasteiger partial charge in [0, 0.05) is 24.2 Å². The number of nitrogens with one attached hydrogen (secondary N) is 2. The number of hydrogen-bond acceptors (Lipinski definition) is 1. The Morgan fingerprint density at radius 1 is 1.08 bits per heavy atom. The molecule has 0 spiro atoms. The molecule has 3 aromatic rings. The van der Waals surface area contributed by atoms with Gasteiger partial charge in [0.2, 0.25) is 0 Å². The Bertz CT molecular complexity index is 839. The van der Waals surface area contributed by atoms with Crippen LogP contribution in [0.2, 0.25) is 0 Å². The molecule has 2 aromatic carbocycles. The zero-order valence-electron chi connectivity index (χ0n) is 14.8. The van der Waals surface area contributed by atoms with Crippen LogP contribution in [0.25, 0.3) is 10.9 Å². The van der Waals surface area contributed by atoms with E-state index in [9.17, 15) is 4.79 Å². The van der Waals surface area contributed by atoms with Gasteiger partial charge >= 0.3 is 6.03 Å². The summed E-state index contributed by atoms with van der Waals surface area (Å²) in [7, 11) is 0. The van der Waals surface area contributed by atoms with Crippen LogP contribution in [0.5, 0.6) is 0 Å². The largest absolute Gasteiger partial charge is 0.346 e. The third-order valence-electron chi connectivity index (χ3n) is 4.46. The maximum atomic E-state index is 12.3. The van der Waals surface area contributed by atoms with Crippen molar-refractivity contribution >= 4 is 22.6 Å². The number of rotatable bonds is 6. The summed E-state index contributed by atoms with van der Waals surface area (Å²) in [4.78, 5) is 12.3. The molecule has 0 aliphatic heterocycles.